The van der Waals surface area contributed by atoms with Crippen LogP contribution in [0, 0.1) is 0 Å². The number of ether oxygens (including phenoxy) is 1. The highest BCUT2D eigenvalue weighted by molar-refractivity contribution is 7.22. The van der Waals surface area contributed by atoms with Crippen LogP contribution in [0.15, 0.2) is 55.4 Å². The van der Waals surface area contributed by atoms with Crippen molar-refractivity contribution in [1.82, 2.24) is 24.7 Å². The second kappa shape index (κ2) is 7.50. The number of anilines is 1. The van der Waals surface area contributed by atoms with Crippen molar-refractivity contribution in [1.29, 1.82) is 0 Å². The number of hydrogen-bond donors (Lipinski definition) is 0. The minimum Gasteiger partial charge on any atom is -0.497 e. The number of aromatic nitrogens is 5. The molecule has 0 atom stereocenters. The second-order valence-corrected chi connectivity index (χ2v) is 6.77. The Hall–Kier alpha value is -3.33. The van der Waals surface area contributed by atoms with Crippen molar-refractivity contribution >= 4 is 32.6 Å². The predicted molar refractivity (Wildman–Crippen MR) is 102 cm³/mol. The Morgan fingerprint density at radius 1 is 1.30 bits per heavy atom. The van der Waals surface area contributed by atoms with Gasteiger partial charge in [-0.05, 0) is 29.8 Å². The van der Waals surface area contributed by atoms with Crippen LogP contribution in [0.5, 0.6) is 5.75 Å². The maximum absolute atomic E-state index is 13.0. The number of fused-ring (bicyclic) bond motifs is 1. The van der Waals surface area contributed by atoms with E-state index in [1.54, 1.807) is 24.4 Å². The van der Waals surface area contributed by atoms with Gasteiger partial charge in [0.25, 0.3) is 5.91 Å². The molecule has 0 spiro atoms. The third-order valence-corrected chi connectivity index (χ3v) is 4.98. The molecule has 0 aliphatic carbocycles. The molecule has 0 saturated carbocycles. The monoisotopic (exact) mass is 380 g/mol. The lowest BCUT2D eigenvalue weighted by Gasteiger charge is -2.19. The van der Waals surface area contributed by atoms with Crippen molar-refractivity contribution < 1.29 is 9.53 Å². The van der Waals surface area contributed by atoms with Gasteiger partial charge in [-0.15, -0.1) is 0 Å². The molecule has 0 N–H and O–H groups in total. The number of carbonyl (C=O) groups is 1. The maximum Gasteiger partial charge on any atom is 0.250 e. The highest BCUT2D eigenvalue weighted by Crippen LogP contribution is 2.32. The van der Waals surface area contributed by atoms with Gasteiger partial charge in [0.15, 0.2) is 5.13 Å². The number of carbonyl (C=O) groups excluding carboxylic acids is 1. The fourth-order valence-corrected chi connectivity index (χ4v) is 3.62. The highest BCUT2D eigenvalue weighted by atomic mass is 32.1. The zero-order chi connectivity index (χ0) is 18.6. The van der Waals surface area contributed by atoms with Gasteiger partial charge in [-0.25, -0.2) is 14.6 Å². The lowest BCUT2D eigenvalue weighted by Crippen LogP contribution is -2.33. The van der Waals surface area contributed by atoms with Gasteiger partial charge >= 0.3 is 0 Å². The van der Waals surface area contributed by atoms with Gasteiger partial charge in [0.05, 0.1) is 23.9 Å². The maximum atomic E-state index is 13.0. The average molecular weight is 380 g/mol. The molecule has 8 nitrogen and oxygen atoms in total. The molecule has 3 aromatic heterocycles. The molecule has 0 unspecified atom stereocenters. The average Bonchev–Trinajstić information content (AvgIpc) is 3.35. The molecule has 0 bridgehead atoms. The van der Waals surface area contributed by atoms with Crippen LogP contribution in [-0.4, -0.2) is 37.7 Å². The SMILES string of the molecule is COc1ccc2nc(N(Cc3cccnc3)C(=O)Cn3cncn3)sc2c1. The number of nitrogens with zero attached hydrogens (tertiary/aromatic N) is 6. The molecule has 4 rings (SSSR count). The number of methoxy groups -OCH3 is 1. The molecule has 9 heteroatoms. The van der Waals surface area contributed by atoms with Gasteiger partial charge in [0.2, 0.25) is 0 Å². The van der Waals surface area contributed by atoms with Gasteiger partial charge < -0.3 is 4.74 Å². The van der Waals surface area contributed by atoms with E-state index in [-0.39, 0.29) is 12.5 Å². The molecule has 27 heavy (non-hydrogen) atoms. The van der Waals surface area contributed by atoms with Crippen LogP contribution in [0.4, 0.5) is 5.13 Å². The van der Waals surface area contributed by atoms with Crippen molar-refractivity contribution in [3.8, 4) is 5.75 Å². The first-order chi connectivity index (χ1) is 13.2. The van der Waals surface area contributed by atoms with E-state index < -0.39 is 0 Å². The lowest BCUT2D eigenvalue weighted by molar-refractivity contribution is -0.119. The minimum atomic E-state index is -0.129. The number of rotatable bonds is 6. The molecule has 3 heterocycles. The highest BCUT2D eigenvalue weighted by Gasteiger charge is 2.21. The van der Waals surface area contributed by atoms with Crippen LogP contribution < -0.4 is 9.64 Å². The number of thiazole rings is 1. The lowest BCUT2D eigenvalue weighted by atomic mass is 10.2. The third kappa shape index (κ3) is 3.77. The zero-order valence-electron chi connectivity index (χ0n) is 14.5. The smallest absolute Gasteiger partial charge is 0.250 e. The summed E-state index contributed by atoms with van der Waals surface area (Å²) in [6.45, 7) is 0.456. The van der Waals surface area contributed by atoms with Gasteiger partial charge in [-0.2, -0.15) is 5.10 Å². The quantitative estimate of drug-likeness (QED) is 0.511. The summed E-state index contributed by atoms with van der Waals surface area (Å²) in [5.41, 5.74) is 1.74. The van der Waals surface area contributed by atoms with E-state index >= 15 is 0 Å². The summed E-state index contributed by atoms with van der Waals surface area (Å²) in [7, 11) is 1.62. The number of hydrogen-bond acceptors (Lipinski definition) is 7. The fraction of sp³-hybridized carbons (Fsp3) is 0.167. The molecular weight excluding hydrogens is 364 g/mol. The Bertz CT molecular complexity index is 1050. The van der Waals surface area contributed by atoms with Gasteiger partial charge in [0.1, 0.15) is 24.9 Å². The Kier molecular flexibility index (Phi) is 4.75. The summed E-state index contributed by atoms with van der Waals surface area (Å²) in [5.74, 6) is 0.626. The summed E-state index contributed by atoms with van der Waals surface area (Å²) in [6.07, 6.45) is 6.37. The summed E-state index contributed by atoms with van der Waals surface area (Å²) in [4.78, 5) is 27.3. The first-order valence-electron chi connectivity index (χ1n) is 8.19. The van der Waals surface area contributed by atoms with E-state index in [1.165, 1.54) is 28.7 Å². The van der Waals surface area contributed by atoms with Crippen LogP contribution in [0.25, 0.3) is 10.2 Å². The molecule has 0 fully saturated rings. The molecular formula is C18H16N6O2S. The molecule has 0 aliphatic rings. The zero-order valence-corrected chi connectivity index (χ0v) is 15.3. The molecule has 4 aromatic rings. The summed E-state index contributed by atoms with van der Waals surface area (Å²) in [6, 6.07) is 9.44. The predicted octanol–water partition coefficient (Wildman–Crippen LogP) is 2.52. The van der Waals surface area contributed by atoms with E-state index in [2.05, 4.69) is 20.1 Å². The third-order valence-electron chi connectivity index (χ3n) is 3.94. The van der Waals surface area contributed by atoms with Crippen LogP contribution >= 0.6 is 11.3 Å². The Balaban J connectivity index is 1.69. The minimum absolute atomic E-state index is 0.0828. The Morgan fingerprint density at radius 3 is 2.96 bits per heavy atom. The van der Waals surface area contributed by atoms with Crippen LogP contribution in [0.2, 0.25) is 0 Å². The standard InChI is InChI=1S/C18H16N6O2S/c1-26-14-4-5-15-16(7-14)27-18(22-15)24(9-13-3-2-6-19-8-13)17(25)10-23-12-20-11-21-23/h2-8,11-12H,9-10H2,1H3. The number of benzene rings is 1. The molecule has 0 aliphatic heterocycles. The number of pyridine rings is 1. The van der Waals surface area contributed by atoms with Crippen molar-refractivity contribution in [3.05, 3.63) is 60.9 Å². The fourth-order valence-electron chi connectivity index (χ4n) is 2.61. The van der Waals surface area contributed by atoms with Crippen LogP contribution in [-0.2, 0) is 17.9 Å². The Labute approximate surface area is 159 Å². The van der Waals surface area contributed by atoms with E-state index in [9.17, 15) is 4.79 Å². The van der Waals surface area contributed by atoms with Crippen molar-refractivity contribution in [3.63, 3.8) is 0 Å². The van der Waals surface area contributed by atoms with E-state index in [0.29, 0.717) is 11.7 Å². The van der Waals surface area contributed by atoms with Crippen molar-refractivity contribution in [2.24, 2.45) is 0 Å². The number of amides is 1. The van der Waals surface area contributed by atoms with E-state index in [1.807, 2.05) is 30.3 Å². The van der Waals surface area contributed by atoms with Gasteiger partial charge in [-0.1, -0.05) is 17.4 Å². The van der Waals surface area contributed by atoms with Crippen LogP contribution in [0.1, 0.15) is 5.56 Å². The van der Waals surface area contributed by atoms with E-state index in [0.717, 1.165) is 21.5 Å². The van der Waals surface area contributed by atoms with E-state index in [4.69, 9.17) is 4.74 Å². The topological polar surface area (TPSA) is 86.0 Å². The molecule has 0 saturated heterocycles. The molecule has 136 valence electrons. The van der Waals surface area contributed by atoms with Crippen LogP contribution in [0.3, 0.4) is 0 Å². The first-order valence-corrected chi connectivity index (χ1v) is 9.01. The Morgan fingerprint density at radius 2 is 2.22 bits per heavy atom. The molecule has 1 aromatic carbocycles. The summed E-state index contributed by atoms with van der Waals surface area (Å²) < 4.78 is 7.72. The molecule has 0 radical (unpaired) electrons. The summed E-state index contributed by atoms with van der Waals surface area (Å²) >= 11 is 1.44. The first kappa shape index (κ1) is 17.1. The van der Waals surface area contributed by atoms with Crippen molar-refractivity contribution in [2.45, 2.75) is 13.1 Å². The van der Waals surface area contributed by atoms with Gasteiger partial charge in [-0.3, -0.25) is 14.7 Å². The molecule has 1 amide bonds. The van der Waals surface area contributed by atoms with Gasteiger partial charge in [0, 0.05) is 12.4 Å². The van der Waals surface area contributed by atoms with Crippen molar-refractivity contribution in [2.75, 3.05) is 12.0 Å². The normalized spacial score (nSPS) is 10.9. The largest absolute Gasteiger partial charge is 0.497 e. The summed E-state index contributed by atoms with van der Waals surface area (Å²) in [5, 5.41) is 4.63. The second-order valence-electron chi connectivity index (χ2n) is 5.76.